The molecule has 0 heterocycles. The van der Waals surface area contributed by atoms with Gasteiger partial charge in [0.2, 0.25) is 0 Å². The van der Waals surface area contributed by atoms with Crippen molar-refractivity contribution in [2.45, 2.75) is 40.0 Å². The van der Waals surface area contributed by atoms with Gasteiger partial charge in [0.15, 0.2) is 0 Å². The maximum absolute atomic E-state index is 7.45. The number of nitrogens with one attached hydrogen (secondary N) is 1. The predicted molar refractivity (Wildman–Crippen MR) is 102 cm³/mol. The first-order valence-corrected chi connectivity index (χ1v) is 8.27. The van der Waals surface area contributed by atoms with Crippen molar-refractivity contribution in [1.82, 2.24) is 4.90 Å². The number of rotatable bonds is 10. The number of hydrogen-bond acceptors (Lipinski definition) is 2. The predicted octanol–water partition coefficient (Wildman–Crippen LogP) is 5.09. The Hall–Kier alpha value is -2.09. The molecule has 0 atom stereocenters. The van der Waals surface area contributed by atoms with Crippen LogP contribution in [-0.2, 0) is 12.8 Å². The molecule has 1 aromatic rings. The Labute approximate surface area is 141 Å². The molecule has 0 saturated heterocycles. The molecule has 0 aliphatic heterocycles. The molecule has 0 spiro atoms. The largest absolute Gasteiger partial charge is 0.371 e. The van der Waals surface area contributed by atoms with Crippen molar-refractivity contribution < 1.29 is 0 Å². The summed E-state index contributed by atoms with van der Waals surface area (Å²) in [4.78, 5) is 2.24. The second kappa shape index (κ2) is 9.83. The Morgan fingerprint density at radius 2 is 2.04 bits per heavy atom. The van der Waals surface area contributed by atoms with Gasteiger partial charge in [-0.3, -0.25) is 0 Å². The molecule has 1 rings (SSSR count). The van der Waals surface area contributed by atoms with E-state index in [4.69, 9.17) is 5.41 Å². The van der Waals surface area contributed by atoms with Gasteiger partial charge in [-0.1, -0.05) is 36.9 Å². The van der Waals surface area contributed by atoms with Crippen LogP contribution in [0.15, 0.2) is 54.8 Å². The van der Waals surface area contributed by atoms with Crippen LogP contribution in [0.4, 0.5) is 0 Å². The molecule has 23 heavy (non-hydrogen) atoms. The van der Waals surface area contributed by atoms with Gasteiger partial charge in [-0.15, -0.1) is 6.58 Å². The van der Waals surface area contributed by atoms with Gasteiger partial charge >= 0.3 is 0 Å². The second-order valence-electron chi connectivity index (χ2n) is 6.00. The molecule has 0 bridgehead atoms. The number of nitrogens with zero attached hydrogens (tertiary/aromatic N) is 1. The highest BCUT2D eigenvalue weighted by Crippen LogP contribution is 2.15. The van der Waals surface area contributed by atoms with Crippen molar-refractivity contribution in [2.24, 2.45) is 0 Å². The van der Waals surface area contributed by atoms with E-state index in [-0.39, 0.29) is 0 Å². The second-order valence-corrected chi connectivity index (χ2v) is 6.00. The summed E-state index contributed by atoms with van der Waals surface area (Å²) >= 11 is 0. The van der Waals surface area contributed by atoms with Gasteiger partial charge < -0.3 is 10.3 Å². The molecule has 1 N–H and O–H groups in total. The smallest absolute Gasteiger partial charge is 0.0438 e. The minimum absolute atomic E-state index is 0.754. The molecule has 2 nitrogen and oxygen atoms in total. The molecule has 0 fully saturated rings. The molecular weight excluding hydrogens is 280 g/mol. The average molecular weight is 310 g/mol. The van der Waals surface area contributed by atoms with Crippen LogP contribution in [-0.4, -0.2) is 24.2 Å². The van der Waals surface area contributed by atoms with E-state index in [0.29, 0.717) is 0 Å². The maximum Gasteiger partial charge on any atom is 0.0438 e. The van der Waals surface area contributed by atoms with Crippen LogP contribution < -0.4 is 0 Å². The summed E-state index contributed by atoms with van der Waals surface area (Å²) in [5.74, 6) is 0. The molecule has 0 amide bonds. The highest BCUT2D eigenvalue weighted by Gasteiger charge is 2.07. The highest BCUT2D eigenvalue weighted by atomic mass is 15.1. The van der Waals surface area contributed by atoms with Gasteiger partial charge in [0, 0.05) is 25.0 Å². The van der Waals surface area contributed by atoms with E-state index >= 15 is 0 Å². The molecule has 0 aliphatic rings. The Kier molecular flexibility index (Phi) is 8.10. The fraction of sp³-hybridized carbons (Fsp3) is 0.381. The Morgan fingerprint density at radius 3 is 2.61 bits per heavy atom. The fourth-order valence-corrected chi connectivity index (χ4v) is 2.52. The summed E-state index contributed by atoms with van der Waals surface area (Å²) in [5.41, 5.74) is 6.19. The Balaban J connectivity index is 2.75. The quantitative estimate of drug-likeness (QED) is 0.473. The topological polar surface area (TPSA) is 27.1 Å². The summed E-state index contributed by atoms with van der Waals surface area (Å²) in [6, 6.07) is 6.76. The van der Waals surface area contributed by atoms with Crippen molar-refractivity contribution >= 4 is 6.21 Å². The van der Waals surface area contributed by atoms with Crippen molar-refractivity contribution in [1.29, 1.82) is 5.41 Å². The fourth-order valence-electron chi connectivity index (χ4n) is 2.52. The first-order chi connectivity index (χ1) is 11.0. The molecule has 124 valence electrons. The minimum Gasteiger partial charge on any atom is -0.371 e. The normalized spacial score (nSPS) is 11.2. The zero-order chi connectivity index (χ0) is 17.2. The van der Waals surface area contributed by atoms with Gasteiger partial charge in [-0.25, -0.2) is 0 Å². The van der Waals surface area contributed by atoms with Crippen LogP contribution in [0.1, 0.15) is 37.0 Å². The zero-order valence-electron chi connectivity index (χ0n) is 14.9. The minimum atomic E-state index is 0.754. The van der Waals surface area contributed by atoms with Gasteiger partial charge in [0.05, 0.1) is 0 Å². The first-order valence-electron chi connectivity index (χ1n) is 8.27. The van der Waals surface area contributed by atoms with E-state index in [0.717, 1.165) is 43.6 Å². The summed E-state index contributed by atoms with van der Waals surface area (Å²) in [5, 5.41) is 7.45. The Morgan fingerprint density at radius 1 is 1.30 bits per heavy atom. The number of benzene rings is 1. The van der Waals surface area contributed by atoms with Crippen LogP contribution in [0.5, 0.6) is 0 Å². The van der Waals surface area contributed by atoms with Gasteiger partial charge in [-0.05, 0) is 62.3 Å². The highest BCUT2D eigenvalue weighted by molar-refractivity contribution is 5.76. The lowest BCUT2D eigenvalue weighted by Crippen LogP contribution is -2.26. The monoisotopic (exact) mass is 310 g/mol. The van der Waals surface area contributed by atoms with E-state index in [1.807, 2.05) is 26.0 Å². The SMILES string of the molecule is C=CCCc1cc(CCN(C/C(C=N)=C/C)C(=C)C)ccc1C. The Bertz CT molecular complexity index is 582. The van der Waals surface area contributed by atoms with Crippen molar-refractivity contribution in [3.63, 3.8) is 0 Å². The molecule has 0 radical (unpaired) electrons. The first kappa shape index (κ1) is 19.0. The van der Waals surface area contributed by atoms with E-state index in [2.05, 4.69) is 43.2 Å². The van der Waals surface area contributed by atoms with Gasteiger partial charge in [-0.2, -0.15) is 0 Å². The third-order valence-electron chi connectivity index (χ3n) is 4.17. The zero-order valence-corrected chi connectivity index (χ0v) is 14.9. The average Bonchev–Trinajstić information content (AvgIpc) is 2.54. The van der Waals surface area contributed by atoms with Crippen LogP contribution in [0, 0.1) is 12.3 Å². The van der Waals surface area contributed by atoms with Crippen LogP contribution in [0.3, 0.4) is 0 Å². The molecular formula is C21H30N2. The molecule has 1 aromatic carbocycles. The standard InChI is InChI=1S/C21H30N2/c1-6-8-9-21-14-20(11-10-18(21)5)12-13-23(17(3)4)16-19(7-2)15-22/h6-7,10-11,14-15,22H,1,3,8-9,12-13,16H2,2,4-5H3/b19-7+,22-15?. The third-order valence-corrected chi connectivity index (χ3v) is 4.17. The van der Waals surface area contributed by atoms with E-state index < -0.39 is 0 Å². The van der Waals surface area contributed by atoms with Gasteiger partial charge in [0.25, 0.3) is 0 Å². The van der Waals surface area contributed by atoms with E-state index in [1.54, 1.807) is 0 Å². The van der Waals surface area contributed by atoms with Gasteiger partial charge in [0.1, 0.15) is 0 Å². The lowest BCUT2D eigenvalue weighted by Gasteiger charge is -2.25. The molecule has 0 unspecified atom stereocenters. The molecule has 0 saturated carbocycles. The molecule has 0 aliphatic carbocycles. The summed E-state index contributed by atoms with van der Waals surface area (Å²) in [6.45, 7) is 15.7. The number of aryl methyl sites for hydroxylation is 2. The van der Waals surface area contributed by atoms with Crippen molar-refractivity contribution in [3.05, 3.63) is 71.5 Å². The third kappa shape index (κ3) is 6.27. The lowest BCUT2D eigenvalue weighted by atomic mass is 9.99. The summed E-state index contributed by atoms with van der Waals surface area (Å²) < 4.78 is 0. The molecule has 2 heteroatoms. The maximum atomic E-state index is 7.45. The number of hydrogen-bond donors (Lipinski definition) is 1. The lowest BCUT2D eigenvalue weighted by molar-refractivity contribution is 0.383. The van der Waals surface area contributed by atoms with E-state index in [9.17, 15) is 0 Å². The van der Waals surface area contributed by atoms with Crippen molar-refractivity contribution in [2.75, 3.05) is 13.1 Å². The molecule has 0 aromatic heterocycles. The van der Waals surface area contributed by atoms with Crippen LogP contribution >= 0.6 is 0 Å². The summed E-state index contributed by atoms with van der Waals surface area (Å²) in [6.07, 6.45) is 8.46. The van der Waals surface area contributed by atoms with Crippen molar-refractivity contribution in [3.8, 4) is 0 Å². The number of allylic oxidation sites excluding steroid dienone is 3. The van der Waals surface area contributed by atoms with Crippen LogP contribution in [0.2, 0.25) is 0 Å². The summed E-state index contributed by atoms with van der Waals surface area (Å²) in [7, 11) is 0. The van der Waals surface area contributed by atoms with E-state index in [1.165, 1.54) is 22.9 Å². The van der Waals surface area contributed by atoms with Crippen LogP contribution in [0.25, 0.3) is 0 Å².